The Kier molecular flexibility index (Phi) is 3.03. The topological polar surface area (TPSA) is 70.9 Å². The summed E-state index contributed by atoms with van der Waals surface area (Å²) in [5.74, 6) is 0.555. The number of nitrogens with one attached hydrogen (secondary N) is 2. The van der Waals surface area contributed by atoms with Crippen LogP contribution in [0.25, 0.3) is 0 Å². The minimum atomic E-state index is -0.133. The van der Waals surface area contributed by atoms with Crippen LogP contribution in [-0.2, 0) is 6.54 Å². The zero-order valence-electron chi connectivity index (χ0n) is 8.73. The van der Waals surface area contributed by atoms with Crippen LogP contribution in [-0.4, -0.2) is 10.9 Å². The summed E-state index contributed by atoms with van der Waals surface area (Å²) in [5.41, 5.74) is 7.11. The lowest BCUT2D eigenvalue weighted by Crippen LogP contribution is -2.12. The van der Waals surface area contributed by atoms with Crippen LogP contribution >= 0.6 is 0 Å². The van der Waals surface area contributed by atoms with E-state index in [1.807, 2.05) is 18.2 Å². The molecule has 0 aliphatic heterocycles. The number of anilines is 1. The summed E-state index contributed by atoms with van der Waals surface area (Å²) in [4.78, 5) is 14.7. The number of aromatic nitrogens is 1. The molecule has 1 heterocycles. The molecule has 2 aromatic rings. The maximum absolute atomic E-state index is 11.7. The summed E-state index contributed by atoms with van der Waals surface area (Å²) in [6.07, 6.45) is 1.76. The first-order chi connectivity index (χ1) is 7.79. The fraction of sp³-hybridized carbons (Fsp3) is 0.0833. The van der Waals surface area contributed by atoms with Crippen molar-refractivity contribution in [1.82, 2.24) is 4.98 Å². The summed E-state index contributed by atoms with van der Waals surface area (Å²) in [6.45, 7) is 0.485. The van der Waals surface area contributed by atoms with Crippen molar-refractivity contribution < 1.29 is 4.79 Å². The second-order valence-corrected chi connectivity index (χ2v) is 3.44. The monoisotopic (exact) mass is 215 g/mol. The molecule has 4 heteroatoms. The van der Waals surface area contributed by atoms with Gasteiger partial charge in [0.1, 0.15) is 5.82 Å². The predicted molar refractivity (Wildman–Crippen MR) is 63.1 cm³/mol. The molecule has 0 saturated heterocycles. The fourth-order valence-electron chi connectivity index (χ4n) is 1.39. The van der Waals surface area contributed by atoms with Crippen molar-refractivity contribution in [3.05, 3.63) is 53.7 Å². The number of aromatic amines is 1. The van der Waals surface area contributed by atoms with Crippen LogP contribution in [0.3, 0.4) is 0 Å². The van der Waals surface area contributed by atoms with Gasteiger partial charge >= 0.3 is 0 Å². The summed E-state index contributed by atoms with van der Waals surface area (Å²) in [7, 11) is 0. The molecule has 0 fully saturated rings. The number of rotatable bonds is 3. The molecule has 2 rings (SSSR count). The first-order valence-electron chi connectivity index (χ1n) is 5.03. The van der Waals surface area contributed by atoms with Gasteiger partial charge in [0.2, 0.25) is 0 Å². The molecule has 0 atom stereocenters. The van der Waals surface area contributed by atoms with E-state index in [-0.39, 0.29) is 5.91 Å². The number of amides is 1. The molecule has 0 radical (unpaired) electrons. The van der Waals surface area contributed by atoms with Crippen LogP contribution in [0.5, 0.6) is 0 Å². The Balaban J connectivity index is 2.09. The van der Waals surface area contributed by atoms with E-state index in [4.69, 9.17) is 5.73 Å². The molecule has 4 nitrogen and oxygen atoms in total. The highest BCUT2D eigenvalue weighted by Crippen LogP contribution is 2.07. The first kappa shape index (κ1) is 10.4. The highest BCUT2D eigenvalue weighted by molar-refractivity contribution is 6.03. The average molecular weight is 215 g/mol. The molecule has 0 aliphatic rings. The first-order valence-corrected chi connectivity index (χ1v) is 5.03. The normalized spacial score (nSPS) is 10.1. The number of hydrogen-bond donors (Lipinski definition) is 3. The Morgan fingerprint density at radius 1 is 1.25 bits per heavy atom. The van der Waals surface area contributed by atoms with Crippen molar-refractivity contribution in [1.29, 1.82) is 0 Å². The van der Waals surface area contributed by atoms with Gasteiger partial charge in [-0.15, -0.1) is 0 Å². The predicted octanol–water partition coefficient (Wildman–Crippen LogP) is 1.73. The molecule has 1 aromatic carbocycles. The molecular weight excluding hydrogens is 202 g/mol. The largest absolute Gasteiger partial charge is 0.348 e. The Labute approximate surface area is 93.5 Å². The Hall–Kier alpha value is -2.07. The van der Waals surface area contributed by atoms with Crippen LogP contribution in [0, 0.1) is 0 Å². The Morgan fingerprint density at radius 2 is 2.00 bits per heavy atom. The van der Waals surface area contributed by atoms with Crippen molar-refractivity contribution in [3.8, 4) is 0 Å². The second-order valence-electron chi connectivity index (χ2n) is 3.44. The third-order valence-electron chi connectivity index (χ3n) is 2.30. The average Bonchev–Trinajstić information content (AvgIpc) is 2.82. The molecule has 0 aliphatic carbocycles. The van der Waals surface area contributed by atoms with Gasteiger partial charge in [0.15, 0.2) is 0 Å². The Bertz CT molecular complexity index is 460. The van der Waals surface area contributed by atoms with Crippen LogP contribution in [0.4, 0.5) is 5.82 Å². The van der Waals surface area contributed by atoms with Gasteiger partial charge in [-0.05, 0) is 29.8 Å². The van der Waals surface area contributed by atoms with Gasteiger partial charge in [0.05, 0.1) is 0 Å². The van der Waals surface area contributed by atoms with E-state index in [1.165, 1.54) is 0 Å². The molecule has 1 amide bonds. The van der Waals surface area contributed by atoms with Crippen LogP contribution in [0.15, 0.2) is 42.6 Å². The lowest BCUT2D eigenvalue weighted by atomic mass is 10.1. The van der Waals surface area contributed by atoms with Crippen LogP contribution in [0.1, 0.15) is 15.9 Å². The summed E-state index contributed by atoms with van der Waals surface area (Å²) in [5, 5.41) is 2.75. The Morgan fingerprint density at radius 3 is 2.56 bits per heavy atom. The third kappa shape index (κ3) is 2.29. The fourth-order valence-corrected chi connectivity index (χ4v) is 1.39. The maximum atomic E-state index is 11.7. The molecule has 0 unspecified atom stereocenters. The summed E-state index contributed by atoms with van der Waals surface area (Å²) in [6, 6.07) is 10.9. The molecule has 0 bridgehead atoms. The number of hydrogen-bond acceptors (Lipinski definition) is 2. The zero-order chi connectivity index (χ0) is 11.4. The van der Waals surface area contributed by atoms with E-state index in [0.717, 1.165) is 5.56 Å². The van der Waals surface area contributed by atoms with E-state index in [1.54, 1.807) is 24.4 Å². The van der Waals surface area contributed by atoms with E-state index >= 15 is 0 Å². The van der Waals surface area contributed by atoms with E-state index < -0.39 is 0 Å². The molecule has 16 heavy (non-hydrogen) atoms. The van der Waals surface area contributed by atoms with Crippen molar-refractivity contribution >= 4 is 11.7 Å². The molecule has 4 N–H and O–H groups in total. The number of benzene rings is 1. The lowest BCUT2D eigenvalue weighted by Gasteiger charge is -2.03. The van der Waals surface area contributed by atoms with Crippen molar-refractivity contribution in [2.45, 2.75) is 6.54 Å². The van der Waals surface area contributed by atoms with Crippen LogP contribution in [0.2, 0.25) is 0 Å². The van der Waals surface area contributed by atoms with Crippen molar-refractivity contribution in [2.75, 3.05) is 5.32 Å². The molecule has 82 valence electrons. The van der Waals surface area contributed by atoms with Gasteiger partial charge in [-0.2, -0.15) is 0 Å². The van der Waals surface area contributed by atoms with Crippen molar-refractivity contribution in [2.24, 2.45) is 5.73 Å². The standard InChI is InChI=1S/C12H13N3O/c13-8-9-3-5-10(6-4-9)12(16)15-11-2-1-7-14-11/h1-7,14H,8,13H2,(H,15,16). The highest BCUT2D eigenvalue weighted by Gasteiger charge is 2.05. The van der Waals surface area contributed by atoms with Gasteiger partial charge in [-0.1, -0.05) is 12.1 Å². The van der Waals surface area contributed by atoms with Gasteiger partial charge in [-0.25, -0.2) is 0 Å². The van der Waals surface area contributed by atoms with Gasteiger partial charge in [0.25, 0.3) is 5.91 Å². The van der Waals surface area contributed by atoms with Gasteiger partial charge in [0, 0.05) is 18.3 Å². The smallest absolute Gasteiger partial charge is 0.256 e. The highest BCUT2D eigenvalue weighted by atomic mass is 16.1. The molecule has 0 spiro atoms. The molecular formula is C12H13N3O. The summed E-state index contributed by atoms with van der Waals surface area (Å²) >= 11 is 0. The van der Waals surface area contributed by atoms with E-state index in [9.17, 15) is 4.79 Å². The lowest BCUT2D eigenvalue weighted by molar-refractivity contribution is 0.102. The van der Waals surface area contributed by atoms with Crippen LogP contribution < -0.4 is 11.1 Å². The van der Waals surface area contributed by atoms with E-state index in [2.05, 4.69) is 10.3 Å². The number of carbonyl (C=O) groups is 1. The molecule has 1 aromatic heterocycles. The molecule has 0 saturated carbocycles. The minimum Gasteiger partial charge on any atom is -0.348 e. The van der Waals surface area contributed by atoms with Crippen molar-refractivity contribution in [3.63, 3.8) is 0 Å². The van der Waals surface area contributed by atoms with E-state index in [0.29, 0.717) is 17.9 Å². The minimum absolute atomic E-state index is 0.133. The number of carbonyl (C=O) groups excluding carboxylic acids is 1. The summed E-state index contributed by atoms with van der Waals surface area (Å²) < 4.78 is 0. The maximum Gasteiger partial charge on any atom is 0.256 e. The number of H-pyrrole nitrogens is 1. The second kappa shape index (κ2) is 4.63. The SMILES string of the molecule is NCc1ccc(C(=O)Nc2ccc[nH]2)cc1. The number of nitrogens with two attached hydrogens (primary N) is 1. The third-order valence-corrected chi connectivity index (χ3v) is 2.30. The van der Waals surface area contributed by atoms with Gasteiger partial charge in [-0.3, -0.25) is 4.79 Å². The zero-order valence-corrected chi connectivity index (χ0v) is 8.73. The quantitative estimate of drug-likeness (QED) is 0.729. The van der Waals surface area contributed by atoms with Gasteiger partial charge < -0.3 is 16.0 Å².